The minimum atomic E-state index is -4.73. The van der Waals surface area contributed by atoms with Crippen molar-refractivity contribution in [3.8, 4) is 0 Å². The fourth-order valence-electron chi connectivity index (χ4n) is 2.87. The Bertz CT molecular complexity index is 1260. The Morgan fingerprint density at radius 3 is 2.27 bits per heavy atom. The summed E-state index contributed by atoms with van der Waals surface area (Å²) < 4.78 is 66.4. The smallest absolute Gasteiger partial charge is 0.322 e. The number of hydrogen-bond donors (Lipinski definition) is 2. The van der Waals surface area contributed by atoms with E-state index in [1.54, 1.807) is 12.1 Å². The van der Waals surface area contributed by atoms with Gasteiger partial charge in [0.1, 0.15) is 0 Å². The molecule has 0 radical (unpaired) electrons. The first-order valence-electron chi connectivity index (χ1n) is 9.54. The number of hydrogen-bond acceptors (Lipinski definition) is 4. The third-order valence-electron chi connectivity index (χ3n) is 4.38. The first kappa shape index (κ1) is 24.9. The lowest BCUT2D eigenvalue weighted by Gasteiger charge is -2.13. The fourth-order valence-corrected chi connectivity index (χ4v) is 4.95. The van der Waals surface area contributed by atoms with Gasteiger partial charge in [-0.05, 0) is 60.4 Å². The van der Waals surface area contributed by atoms with Crippen molar-refractivity contribution >= 4 is 50.7 Å². The average Bonchev–Trinajstić information content (AvgIpc) is 2.75. The van der Waals surface area contributed by atoms with Gasteiger partial charge in [0.2, 0.25) is 0 Å². The van der Waals surface area contributed by atoms with E-state index < -0.39 is 26.8 Å². The average molecular weight is 515 g/mol. The first-order chi connectivity index (χ1) is 15.5. The molecule has 0 aromatic heterocycles. The summed E-state index contributed by atoms with van der Waals surface area (Å²) in [6.45, 7) is 1.97. The number of sulfonamides is 1. The highest BCUT2D eigenvalue weighted by molar-refractivity contribution is 7.99. The second-order valence-electron chi connectivity index (χ2n) is 6.71. The van der Waals surface area contributed by atoms with Crippen LogP contribution in [0.1, 0.15) is 22.8 Å². The molecule has 174 valence electrons. The number of alkyl halides is 3. The molecule has 0 unspecified atom stereocenters. The predicted octanol–water partition coefficient (Wildman–Crippen LogP) is 6.52. The molecular weight excluding hydrogens is 497 g/mol. The number of carbonyl (C=O) groups is 1. The molecule has 3 aromatic rings. The minimum absolute atomic E-state index is 0.189. The quantitative estimate of drug-likeness (QED) is 0.352. The molecule has 0 aliphatic heterocycles. The zero-order valence-corrected chi connectivity index (χ0v) is 19.5. The molecule has 0 aliphatic carbocycles. The van der Waals surface area contributed by atoms with E-state index in [1.807, 2.05) is 19.1 Å². The van der Waals surface area contributed by atoms with Gasteiger partial charge in [-0.15, -0.1) is 11.8 Å². The number of benzene rings is 3. The maximum Gasteiger partial charge on any atom is 0.417 e. The Morgan fingerprint density at radius 1 is 1.00 bits per heavy atom. The molecule has 0 spiro atoms. The zero-order valence-electron chi connectivity index (χ0n) is 17.1. The van der Waals surface area contributed by atoms with Gasteiger partial charge in [0.05, 0.1) is 21.0 Å². The van der Waals surface area contributed by atoms with Crippen LogP contribution in [0.15, 0.2) is 76.5 Å². The standard InChI is InChI=1S/C22H18ClF3N2O3S2/c1-2-32-20-6-4-3-5-17(20)21(29)27-14-7-10-16(11-8-14)33(30,31)28-15-9-12-19(23)18(13-15)22(24,25)26/h3-13,28H,2H2,1H3,(H,27,29). The van der Waals surface area contributed by atoms with E-state index in [0.29, 0.717) is 17.3 Å². The highest BCUT2D eigenvalue weighted by Gasteiger charge is 2.33. The summed E-state index contributed by atoms with van der Waals surface area (Å²) in [5.41, 5.74) is -0.579. The van der Waals surface area contributed by atoms with Gasteiger partial charge in [-0.3, -0.25) is 9.52 Å². The molecule has 0 heterocycles. The topological polar surface area (TPSA) is 75.3 Å². The van der Waals surface area contributed by atoms with Crippen LogP contribution in [0.5, 0.6) is 0 Å². The molecule has 0 bridgehead atoms. The molecule has 0 saturated carbocycles. The summed E-state index contributed by atoms with van der Waals surface area (Å²) in [6.07, 6.45) is -4.73. The van der Waals surface area contributed by atoms with Crippen molar-refractivity contribution in [1.29, 1.82) is 0 Å². The third kappa shape index (κ3) is 6.21. The summed E-state index contributed by atoms with van der Waals surface area (Å²) in [5.74, 6) is 0.447. The van der Waals surface area contributed by atoms with Crippen molar-refractivity contribution in [2.75, 3.05) is 15.8 Å². The molecular formula is C22H18ClF3N2O3S2. The Balaban J connectivity index is 1.76. The van der Waals surface area contributed by atoms with Gasteiger partial charge in [0.15, 0.2) is 0 Å². The lowest BCUT2D eigenvalue weighted by Crippen LogP contribution is -2.15. The van der Waals surface area contributed by atoms with E-state index in [4.69, 9.17) is 11.6 Å². The SMILES string of the molecule is CCSc1ccccc1C(=O)Nc1ccc(S(=O)(=O)Nc2ccc(Cl)c(C(F)(F)F)c2)cc1. The highest BCUT2D eigenvalue weighted by Crippen LogP contribution is 2.36. The van der Waals surface area contributed by atoms with Crippen molar-refractivity contribution in [2.45, 2.75) is 22.9 Å². The predicted molar refractivity (Wildman–Crippen MR) is 124 cm³/mol. The van der Waals surface area contributed by atoms with Crippen LogP contribution in [0.25, 0.3) is 0 Å². The van der Waals surface area contributed by atoms with Gasteiger partial charge in [0.25, 0.3) is 15.9 Å². The molecule has 33 heavy (non-hydrogen) atoms. The van der Waals surface area contributed by atoms with Crippen molar-refractivity contribution in [2.24, 2.45) is 0 Å². The van der Waals surface area contributed by atoms with E-state index in [2.05, 4.69) is 10.0 Å². The van der Waals surface area contributed by atoms with Crippen LogP contribution in [0.3, 0.4) is 0 Å². The van der Waals surface area contributed by atoms with Gasteiger partial charge in [0, 0.05) is 16.3 Å². The number of nitrogens with one attached hydrogen (secondary N) is 2. The summed E-state index contributed by atoms with van der Waals surface area (Å²) >= 11 is 7.09. The number of halogens is 4. The van der Waals surface area contributed by atoms with Gasteiger partial charge in [-0.2, -0.15) is 13.2 Å². The molecule has 3 aromatic carbocycles. The molecule has 0 aliphatic rings. The Labute approximate surface area is 198 Å². The maximum atomic E-state index is 13.0. The number of amides is 1. The van der Waals surface area contributed by atoms with Crippen molar-refractivity contribution in [3.63, 3.8) is 0 Å². The lowest BCUT2D eigenvalue weighted by atomic mass is 10.2. The summed E-state index contributed by atoms with van der Waals surface area (Å²) in [4.78, 5) is 13.2. The summed E-state index contributed by atoms with van der Waals surface area (Å²) in [7, 11) is -4.18. The summed E-state index contributed by atoms with van der Waals surface area (Å²) in [5, 5.41) is 2.17. The van der Waals surface area contributed by atoms with Gasteiger partial charge in [-0.25, -0.2) is 8.42 Å². The minimum Gasteiger partial charge on any atom is -0.322 e. The fraction of sp³-hybridized carbons (Fsp3) is 0.136. The van der Waals surface area contributed by atoms with Crippen molar-refractivity contribution in [1.82, 2.24) is 0 Å². The first-order valence-corrected chi connectivity index (χ1v) is 12.4. The van der Waals surface area contributed by atoms with Crippen LogP contribution in [0, 0.1) is 0 Å². The van der Waals surface area contributed by atoms with Crippen LogP contribution < -0.4 is 10.0 Å². The molecule has 5 nitrogen and oxygen atoms in total. The van der Waals surface area contributed by atoms with E-state index in [-0.39, 0.29) is 16.5 Å². The normalized spacial score (nSPS) is 11.8. The van der Waals surface area contributed by atoms with Crippen LogP contribution in [0.2, 0.25) is 5.02 Å². The van der Waals surface area contributed by atoms with E-state index in [9.17, 15) is 26.4 Å². The van der Waals surface area contributed by atoms with Crippen molar-refractivity contribution < 1.29 is 26.4 Å². The van der Waals surface area contributed by atoms with Crippen LogP contribution in [-0.4, -0.2) is 20.1 Å². The zero-order chi connectivity index (χ0) is 24.2. The van der Waals surface area contributed by atoms with E-state index >= 15 is 0 Å². The Morgan fingerprint density at radius 2 is 1.64 bits per heavy atom. The summed E-state index contributed by atoms with van der Waals surface area (Å²) in [6, 6.07) is 15.1. The molecule has 3 rings (SSSR count). The second-order valence-corrected chi connectivity index (χ2v) is 10.1. The number of thioether (sulfide) groups is 1. The molecule has 11 heteroatoms. The van der Waals surface area contributed by atoms with Gasteiger partial charge < -0.3 is 5.32 Å². The van der Waals surface area contributed by atoms with E-state index in [0.717, 1.165) is 22.8 Å². The number of rotatable bonds is 7. The van der Waals surface area contributed by atoms with Gasteiger partial charge >= 0.3 is 6.18 Å². The second kappa shape index (κ2) is 10.1. The molecule has 0 atom stereocenters. The molecule has 0 fully saturated rings. The largest absolute Gasteiger partial charge is 0.417 e. The third-order valence-corrected chi connectivity index (χ3v) is 7.06. The van der Waals surface area contributed by atoms with E-state index in [1.165, 1.54) is 36.0 Å². The molecule has 0 saturated heterocycles. The highest BCUT2D eigenvalue weighted by atomic mass is 35.5. The van der Waals surface area contributed by atoms with Crippen LogP contribution in [-0.2, 0) is 16.2 Å². The van der Waals surface area contributed by atoms with Gasteiger partial charge in [-0.1, -0.05) is 30.7 Å². The van der Waals surface area contributed by atoms with Crippen LogP contribution >= 0.6 is 23.4 Å². The lowest BCUT2D eigenvalue weighted by molar-refractivity contribution is -0.137. The molecule has 2 N–H and O–H groups in total. The Hall–Kier alpha value is -2.69. The Kier molecular flexibility index (Phi) is 7.61. The monoisotopic (exact) mass is 514 g/mol. The molecule has 1 amide bonds. The van der Waals surface area contributed by atoms with Crippen molar-refractivity contribution in [3.05, 3.63) is 82.9 Å². The number of anilines is 2. The maximum absolute atomic E-state index is 13.0. The van der Waals surface area contributed by atoms with Crippen LogP contribution in [0.4, 0.5) is 24.5 Å². The number of carbonyl (C=O) groups excluding carboxylic acids is 1.